The van der Waals surface area contributed by atoms with Crippen LogP contribution >= 0.6 is 0 Å². The van der Waals surface area contributed by atoms with Gasteiger partial charge in [-0.1, -0.05) is 0 Å². The van der Waals surface area contributed by atoms with Crippen LogP contribution in [0.3, 0.4) is 0 Å². The molecule has 30 heavy (non-hydrogen) atoms. The summed E-state index contributed by atoms with van der Waals surface area (Å²) in [5, 5.41) is 10.5. The van der Waals surface area contributed by atoms with Crippen molar-refractivity contribution in [1.82, 2.24) is 33.1 Å². The summed E-state index contributed by atoms with van der Waals surface area (Å²) in [5.74, 6) is 0.454. The minimum Gasteiger partial charge on any atom is -0.368 e. The van der Waals surface area contributed by atoms with E-state index in [1.54, 1.807) is 38.4 Å². The van der Waals surface area contributed by atoms with E-state index in [2.05, 4.69) is 9.97 Å². The molecule has 4 heterocycles. The SMILES string of the molecule is CN1C(=O)N(C)C(O)c2c1ncn2CCCCn1cnc2c1c(=O)n(C)c(=O)n2C. The lowest BCUT2D eigenvalue weighted by molar-refractivity contribution is 0.0376. The highest BCUT2D eigenvalue weighted by molar-refractivity contribution is 5.93. The van der Waals surface area contributed by atoms with Gasteiger partial charge in [0.05, 0.1) is 12.7 Å². The first-order chi connectivity index (χ1) is 14.2. The number of unbranched alkanes of at least 4 members (excludes halogenated alkanes) is 1. The quantitative estimate of drug-likeness (QED) is 0.565. The fraction of sp³-hybridized carbons (Fsp3) is 0.500. The molecule has 12 nitrogen and oxygen atoms in total. The van der Waals surface area contributed by atoms with Crippen LogP contribution in [0.25, 0.3) is 11.2 Å². The second-order valence-corrected chi connectivity index (χ2v) is 7.50. The third-order valence-corrected chi connectivity index (χ3v) is 5.64. The van der Waals surface area contributed by atoms with Gasteiger partial charge in [-0.05, 0) is 12.8 Å². The largest absolute Gasteiger partial charge is 0.368 e. The minimum absolute atomic E-state index is 0.316. The molecule has 0 spiro atoms. The number of carbonyl (C=O) groups is 1. The molecule has 1 unspecified atom stereocenters. The normalized spacial score (nSPS) is 16.6. The number of hydrogen-bond acceptors (Lipinski definition) is 6. The third-order valence-electron chi connectivity index (χ3n) is 5.64. The summed E-state index contributed by atoms with van der Waals surface area (Å²) < 4.78 is 6.04. The number of aryl methyl sites for hydroxylation is 3. The molecule has 0 radical (unpaired) electrons. The average molecular weight is 416 g/mol. The Hall–Kier alpha value is -3.41. The van der Waals surface area contributed by atoms with Gasteiger partial charge >= 0.3 is 11.7 Å². The first-order valence-corrected chi connectivity index (χ1v) is 9.58. The Kier molecular flexibility index (Phi) is 4.73. The number of imidazole rings is 2. The summed E-state index contributed by atoms with van der Waals surface area (Å²) in [5.41, 5.74) is 0.571. The zero-order valence-electron chi connectivity index (χ0n) is 17.3. The van der Waals surface area contributed by atoms with Gasteiger partial charge in [0.25, 0.3) is 5.56 Å². The Morgan fingerprint density at radius 2 is 1.57 bits per heavy atom. The first kappa shape index (κ1) is 19.9. The van der Waals surface area contributed by atoms with Crippen LogP contribution in [0.2, 0.25) is 0 Å². The highest BCUT2D eigenvalue weighted by Gasteiger charge is 2.36. The van der Waals surface area contributed by atoms with Crippen molar-refractivity contribution >= 4 is 23.0 Å². The van der Waals surface area contributed by atoms with Crippen LogP contribution in [0.5, 0.6) is 0 Å². The molecule has 1 aliphatic rings. The number of rotatable bonds is 5. The van der Waals surface area contributed by atoms with Gasteiger partial charge < -0.3 is 14.2 Å². The van der Waals surface area contributed by atoms with Gasteiger partial charge in [0.2, 0.25) is 0 Å². The van der Waals surface area contributed by atoms with Crippen LogP contribution < -0.4 is 16.1 Å². The summed E-state index contributed by atoms with van der Waals surface area (Å²) in [6, 6.07) is -0.316. The summed E-state index contributed by atoms with van der Waals surface area (Å²) in [7, 11) is 6.21. The average Bonchev–Trinajstić information content (AvgIpc) is 3.35. The molecule has 1 N–H and O–H groups in total. The summed E-state index contributed by atoms with van der Waals surface area (Å²) in [6.45, 7) is 1.15. The van der Waals surface area contributed by atoms with Crippen molar-refractivity contribution in [3.8, 4) is 0 Å². The maximum atomic E-state index is 12.5. The molecule has 0 bridgehead atoms. The van der Waals surface area contributed by atoms with Crippen LogP contribution in [0.15, 0.2) is 22.2 Å². The van der Waals surface area contributed by atoms with Crippen LogP contribution in [-0.2, 0) is 27.2 Å². The van der Waals surface area contributed by atoms with E-state index >= 15 is 0 Å². The lowest BCUT2D eigenvalue weighted by Gasteiger charge is -2.34. The summed E-state index contributed by atoms with van der Waals surface area (Å²) in [4.78, 5) is 47.8. The Labute approximate surface area is 171 Å². The van der Waals surface area contributed by atoms with Crippen molar-refractivity contribution in [1.29, 1.82) is 0 Å². The predicted octanol–water partition coefficient (Wildman–Crippen LogP) is -0.397. The highest BCUT2D eigenvalue weighted by atomic mass is 16.3. The number of anilines is 1. The van der Waals surface area contributed by atoms with Gasteiger partial charge in [0.1, 0.15) is 5.69 Å². The number of aliphatic hydroxyl groups is 1. The maximum Gasteiger partial charge on any atom is 0.332 e. The number of fused-ring (bicyclic) bond motifs is 2. The Balaban J connectivity index is 1.49. The van der Waals surface area contributed by atoms with Crippen LogP contribution in [0.4, 0.5) is 10.6 Å². The van der Waals surface area contributed by atoms with Gasteiger partial charge in [-0.2, -0.15) is 0 Å². The van der Waals surface area contributed by atoms with Crippen molar-refractivity contribution < 1.29 is 9.90 Å². The molecule has 3 aromatic heterocycles. The second kappa shape index (κ2) is 7.13. The highest BCUT2D eigenvalue weighted by Crippen LogP contribution is 2.32. The molecular formula is C18H24N8O4. The molecular weight excluding hydrogens is 392 g/mol. The molecule has 1 aliphatic heterocycles. The number of nitrogens with zero attached hydrogens (tertiary/aromatic N) is 8. The van der Waals surface area contributed by atoms with Gasteiger partial charge in [-0.15, -0.1) is 0 Å². The van der Waals surface area contributed by atoms with Crippen LogP contribution in [0.1, 0.15) is 24.8 Å². The van der Waals surface area contributed by atoms with Crippen molar-refractivity contribution in [2.75, 3.05) is 19.0 Å². The molecule has 4 rings (SSSR count). The van der Waals surface area contributed by atoms with Crippen LogP contribution in [0, 0.1) is 0 Å². The van der Waals surface area contributed by atoms with E-state index in [1.165, 1.54) is 21.4 Å². The van der Waals surface area contributed by atoms with E-state index in [4.69, 9.17) is 0 Å². The number of urea groups is 1. The minimum atomic E-state index is -1.05. The number of aromatic nitrogens is 6. The Morgan fingerprint density at radius 3 is 2.27 bits per heavy atom. The molecule has 0 saturated carbocycles. The molecule has 0 aliphatic carbocycles. The van der Waals surface area contributed by atoms with Crippen LogP contribution in [-0.4, -0.2) is 58.4 Å². The van der Waals surface area contributed by atoms with Gasteiger partial charge in [0.15, 0.2) is 23.2 Å². The Morgan fingerprint density at radius 1 is 0.933 bits per heavy atom. The second-order valence-electron chi connectivity index (χ2n) is 7.50. The van der Waals surface area contributed by atoms with Crippen molar-refractivity contribution in [2.45, 2.75) is 32.2 Å². The number of amides is 2. The number of hydrogen-bond donors (Lipinski definition) is 1. The smallest absolute Gasteiger partial charge is 0.332 e. The fourth-order valence-corrected chi connectivity index (χ4v) is 3.83. The van der Waals surface area contributed by atoms with Gasteiger partial charge in [0, 0.05) is 41.3 Å². The fourth-order valence-electron chi connectivity index (χ4n) is 3.83. The molecule has 1 atom stereocenters. The topological polar surface area (TPSA) is 123 Å². The van der Waals surface area contributed by atoms with E-state index in [0.717, 1.165) is 17.4 Å². The van der Waals surface area contributed by atoms with E-state index in [-0.39, 0.29) is 11.6 Å². The summed E-state index contributed by atoms with van der Waals surface area (Å²) in [6.07, 6.45) is 3.64. The Bertz CT molecular complexity index is 1250. The first-order valence-electron chi connectivity index (χ1n) is 9.58. The van der Waals surface area contributed by atoms with E-state index in [0.29, 0.717) is 35.8 Å². The number of aliphatic hydroxyl groups excluding tert-OH is 1. The lowest BCUT2D eigenvalue weighted by Crippen LogP contribution is -2.46. The van der Waals surface area contributed by atoms with Crippen molar-refractivity contribution in [2.24, 2.45) is 14.1 Å². The lowest BCUT2D eigenvalue weighted by atomic mass is 10.2. The van der Waals surface area contributed by atoms with E-state index in [1.807, 2.05) is 4.57 Å². The third kappa shape index (κ3) is 2.83. The number of carbonyl (C=O) groups excluding carboxylic acids is 1. The van der Waals surface area contributed by atoms with Gasteiger partial charge in [-0.3, -0.25) is 23.7 Å². The monoisotopic (exact) mass is 416 g/mol. The zero-order valence-corrected chi connectivity index (χ0v) is 17.3. The molecule has 0 fully saturated rings. The van der Waals surface area contributed by atoms with Crippen molar-refractivity contribution in [3.63, 3.8) is 0 Å². The molecule has 3 aromatic rings. The zero-order chi connectivity index (χ0) is 21.7. The molecule has 12 heteroatoms. The molecule has 2 amide bonds. The van der Waals surface area contributed by atoms with Crippen molar-refractivity contribution in [3.05, 3.63) is 39.2 Å². The maximum absolute atomic E-state index is 12.5. The predicted molar refractivity (Wildman–Crippen MR) is 108 cm³/mol. The molecule has 0 saturated heterocycles. The molecule has 0 aromatic carbocycles. The van der Waals surface area contributed by atoms with E-state index < -0.39 is 11.9 Å². The van der Waals surface area contributed by atoms with E-state index in [9.17, 15) is 19.5 Å². The van der Waals surface area contributed by atoms with Gasteiger partial charge in [-0.25, -0.2) is 19.6 Å². The summed E-state index contributed by atoms with van der Waals surface area (Å²) >= 11 is 0. The standard InChI is InChI=1S/C18H24N8O4/c1-21-13-11(15(27)23(3)17(21)29)25(9-19-13)7-5-6-8-26-10-20-14-12(26)16(28)24(4)18(30)22(14)2/h9-10,15,27H,5-8H2,1-4H3. The molecule has 160 valence electrons.